The summed E-state index contributed by atoms with van der Waals surface area (Å²) in [5.41, 5.74) is 0. The fourth-order valence-corrected chi connectivity index (χ4v) is 2.40. The van der Waals surface area contributed by atoms with Crippen molar-refractivity contribution in [3.8, 4) is 5.75 Å². The second kappa shape index (κ2) is 6.91. The van der Waals surface area contributed by atoms with Crippen molar-refractivity contribution in [2.45, 2.75) is 13.5 Å². The summed E-state index contributed by atoms with van der Waals surface area (Å²) < 4.78 is 6.18. The van der Waals surface area contributed by atoms with E-state index < -0.39 is 0 Å². The number of ether oxygens (including phenoxy) is 1. The fourth-order valence-electron chi connectivity index (χ4n) is 1.60. The van der Waals surface area contributed by atoms with Gasteiger partial charge in [0.1, 0.15) is 11.6 Å². The molecule has 0 radical (unpaired) electrons. The van der Waals surface area contributed by atoms with E-state index in [9.17, 15) is 4.79 Å². The van der Waals surface area contributed by atoms with Crippen LogP contribution in [-0.4, -0.2) is 39.6 Å². The molecule has 0 aliphatic rings. The van der Waals surface area contributed by atoms with E-state index >= 15 is 0 Å². The maximum atomic E-state index is 12.0. The van der Waals surface area contributed by atoms with Crippen LogP contribution < -0.4 is 4.74 Å². The number of benzene rings is 1. The Kier molecular flexibility index (Phi) is 5.19. The lowest BCUT2D eigenvalue weighted by atomic mass is 10.3. The van der Waals surface area contributed by atoms with Crippen LogP contribution in [0.15, 0.2) is 22.7 Å². The highest BCUT2D eigenvalue weighted by molar-refractivity contribution is 9.10. The summed E-state index contributed by atoms with van der Waals surface area (Å²) in [7, 11) is 1.67. The number of aromatic nitrogens is 3. The SMILES string of the molecule is Cc1nc(CN(C)C(=O)COc2ccc(Cl)cc2Br)n[nH]1. The molecular formula is C13H14BrClN4O2. The van der Waals surface area contributed by atoms with Crippen LogP contribution in [0, 0.1) is 6.92 Å². The second-order valence-electron chi connectivity index (χ2n) is 4.45. The molecule has 0 aliphatic carbocycles. The summed E-state index contributed by atoms with van der Waals surface area (Å²) in [6.07, 6.45) is 0. The van der Waals surface area contributed by atoms with Crippen LogP contribution in [-0.2, 0) is 11.3 Å². The summed E-state index contributed by atoms with van der Waals surface area (Å²) >= 11 is 9.18. The number of likely N-dealkylation sites (N-methyl/N-ethyl adjacent to an activating group) is 1. The molecule has 0 bridgehead atoms. The molecule has 2 rings (SSSR count). The minimum atomic E-state index is -0.167. The molecule has 0 spiro atoms. The van der Waals surface area contributed by atoms with Gasteiger partial charge in [0.2, 0.25) is 0 Å². The van der Waals surface area contributed by atoms with E-state index in [1.54, 1.807) is 32.2 Å². The highest BCUT2D eigenvalue weighted by Crippen LogP contribution is 2.27. The van der Waals surface area contributed by atoms with Gasteiger partial charge >= 0.3 is 0 Å². The van der Waals surface area contributed by atoms with Crippen LogP contribution in [0.2, 0.25) is 5.02 Å². The van der Waals surface area contributed by atoms with E-state index in [2.05, 4.69) is 31.1 Å². The average Bonchev–Trinajstić information content (AvgIpc) is 2.82. The van der Waals surface area contributed by atoms with Gasteiger partial charge in [-0.1, -0.05) is 11.6 Å². The molecule has 1 aromatic carbocycles. The Hall–Kier alpha value is -1.60. The van der Waals surface area contributed by atoms with Gasteiger partial charge < -0.3 is 9.64 Å². The number of aryl methyl sites for hydroxylation is 1. The zero-order valence-electron chi connectivity index (χ0n) is 11.6. The first-order valence-corrected chi connectivity index (χ1v) is 7.32. The zero-order chi connectivity index (χ0) is 15.4. The number of hydrogen-bond donors (Lipinski definition) is 1. The number of carbonyl (C=O) groups is 1. The second-order valence-corrected chi connectivity index (χ2v) is 5.74. The van der Waals surface area contributed by atoms with E-state index in [4.69, 9.17) is 16.3 Å². The van der Waals surface area contributed by atoms with E-state index in [0.29, 0.717) is 33.4 Å². The van der Waals surface area contributed by atoms with Crippen LogP contribution >= 0.6 is 27.5 Å². The average molecular weight is 374 g/mol. The molecule has 1 heterocycles. The highest BCUT2D eigenvalue weighted by Gasteiger charge is 2.13. The van der Waals surface area contributed by atoms with E-state index in [0.717, 1.165) is 0 Å². The number of aromatic amines is 1. The molecule has 0 saturated heterocycles. The number of H-pyrrole nitrogens is 1. The van der Waals surface area contributed by atoms with Gasteiger partial charge in [-0.3, -0.25) is 9.89 Å². The molecule has 0 aliphatic heterocycles. The summed E-state index contributed by atoms with van der Waals surface area (Å²) in [6, 6.07) is 5.12. The molecular weight excluding hydrogens is 360 g/mol. The Bertz CT molecular complexity index is 647. The third kappa shape index (κ3) is 4.44. The van der Waals surface area contributed by atoms with Crippen molar-refractivity contribution in [3.05, 3.63) is 39.3 Å². The highest BCUT2D eigenvalue weighted by atomic mass is 79.9. The maximum Gasteiger partial charge on any atom is 0.260 e. The Morgan fingerprint density at radius 3 is 2.90 bits per heavy atom. The molecule has 2 aromatic rings. The van der Waals surface area contributed by atoms with Crippen molar-refractivity contribution in [1.82, 2.24) is 20.1 Å². The molecule has 8 heteroatoms. The summed E-state index contributed by atoms with van der Waals surface area (Å²) in [6.45, 7) is 2.06. The molecule has 1 amide bonds. The maximum absolute atomic E-state index is 12.0. The van der Waals surface area contributed by atoms with Crippen LogP contribution in [0.4, 0.5) is 0 Å². The number of amides is 1. The molecule has 1 N–H and O–H groups in total. The molecule has 112 valence electrons. The normalized spacial score (nSPS) is 10.5. The Balaban J connectivity index is 1.89. The lowest BCUT2D eigenvalue weighted by Crippen LogP contribution is -2.31. The lowest BCUT2D eigenvalue weighted by Gasteiger charge is -2.16. The molecule has 0 saturated carbocycles. The molecule has 6 nitrogen and oxygen atoms in total. The van der Waals surface area contributed by atoms with Gasteiger partial charge in [-0.25, -0.2) is 4.98 Å². The standard InChI is InChI=1S/C13H14BrClN4O2/c1-8-16-12(18-17-8)6-19(2)13(20)7-21-11-4-3-9(15)5-10(11)14/h3-5H,6-7H2,1-2H3,(H,16,17,18). The Morgan fingerprint density at radius 2 is 2.29 bits per heavy atom. The third-order valence-electron chi connectivity index (χ3n) is 2.69. The van der Waals surface area contributed by atoms with Gasteiger partial charge in [0.25, 0.3) is 5.91 Å². The summed E-state index contributed by atoms with van der Waals surface area (Å²) in [5.74, 6) is 1.68. The lowest BCUT2D eigenvalue weighted by molar-refractivity contribution is -0.132. The number of carbonyl (C=O) groups excluding carboxylic acids is 1. The number of nitrogens with zero attached hydrogens (tertiary/aromatic N) is 3. The Labute approximate surface area is 135 Å². The molecule has 1 aromatic heterocycles. The van der Waals surface area contributed by atoms with Crippen LogP contribution in [0.5, 0.6) is 5.75 Å². The predicted octanol–water partition coefficient (Wildman–Crippen LogP) is 2.57. The van der Waals surface area contributed by atoms with Crippen LogP contribution in [0.3, 0.4) is 0 Å². The molecule has 0 unspecified atom stereocenters. The van der Waals surface area contributed by atoms with E-state index in [-0.39, 0.29) is 12.5 Å². The quantitative estimate of drug-likeness (QED) is 0.874. The number of halogens is 2. The van der Waals surface area contributed by atoms with Crippen molar-refractivity contribution in [2.24, 2.45) is 0 Å². The topological polar surface area (TPSA) is 71.1 Å². The summed E-state index contributed by atoms with van der Waals surface area (Å²) in [4.78, 5) is 17.7. The van der Waals surface area contributed by atoms with Gasteiger partial charge in [-0.05, 0) is 41.1 Å². The van der Waals surface area contributed by atoms with Crippen molar-refractivity contribution >= 4 is 33.4 Å². The monoisotopic (exact) mass is 372 g/mol. The van der Waals surface area contributed by atoms with Crippen molar-refractivity contribution in [2.75, 3.05) is 13.7 Å². The molecule has 21 heavy (non-hydrogen) atoms. The fraction of sp³-hybridized carbons (Fsp3) is 0.308. The number of hydrogen-bond acceptors (Lipinski definition) is 4. The van der Waals surface area contributed by atoms with E-state index in [1.165, 1.54) is 4.90 Å². The van der Waals surface area contributed by atoms with Crippen molar-refractivity contribution in [1.29, 1.82) is 0 Å². The van der Waals surface area contributed by atoms with Gasteiger partial charge in [0.15, 0.2) is 12.4 Å². The smallest absolute Gasteiger partial charge is 0.260 e. The van der Waals surface area contributed by atoms with Crippen molar-refractivity contribution in [3.63, 3.8) is 0 Å². The first kappa shape index (κ1) is 15.8. The minimum absolute atomic E-state index is 0.0693. The molecule has 0 fully saturated rings. The van der Waals surface area contributed by atoms with Gasteiger partial charge in [-0.2, -0.15) is 5.10 Å². The summed E-state index contributed by atoms with van der Waals surface area (Å²) in [5, 5.41) is 7.32. The van der Waals surface area contributed by atoms with Crippen molar-refractivity contribution < 1.29 is 9.53 Å². The number of rotatable bonds is 5. The van der Waals surface area contributed by atoms with Gasteiger partial charge in [-0.15, -0.1) is 0 Å². The predicted molar refractivity (Wildman–Crippen MR) is 82.2 cm³/mol. The largest absolute Gasteiger partial charge is 0.483 e. The Morgan fingerprint density at radius 1 is 1.52 bits per heavy atom. The first-order valence-electron chi connectivity index (χ1n) is 6.15. The number of nitrogens with one attached hydrogen (secondary N) is 1. The van der Waals surface area contributed by atoms with Crippen LogP contribution in [0.1, 0.15) is 11.6 Å². The third-order valence-corrected chi connectivity index (χ3v) is 3.55. The van der Waals surface area contributed by atoms with Crippen LogP contribution in [0.25, 0.3) is 0 Å². The first-order chi connectivity index (χ1) is 9.95. The molecule has 0 atom stereocenters. The van der Waals surface area contributed by atoms with Gasteiger partial charge in [0, 0.05) is 12.1 Å². The van der Waals surface area contributed by atoms with Gasteiger partial charge in [0.05, 0.1) is 11.0 Å². The zero-order valence-corrected chi connectivity index (χ0v) is 13.9. The minimum Gasteiger partial charge on any atom is -0.483 e. The van der Waals surface area contributed by atoms with E-state index in [1.807, 2.05) is 0 Å².